The van der Waals surface area contributed by atoms with Crippen LogP contribution in [0, 0.1) is 34.5 Å². The average molecular weight is 193 g/mol. The van der Waals surface area contributed by atoms with Crippen LogP contribution in [-0.4, -0.2) is 11.2 Å². The molecular formula is C12H19NO. The van der Waals surface area contributed by atoms with Gasteiger partial charge >= 0.3 is 0 Å². The third-order valence-corrected chi connectivity index (χ3v) is 4.26. The third kappa shape index (κ3) is 1.19. The Hall–Kier alpha value is -0.550. The second-order valence-electron chi connectivity index (χ2n) is 5.42. The highest BCUT2D eigenvalue weighted by Gasteiger charge is 2.55. The summed E-state index contributed by atoms with van der Waals surface area (Å²) in [6.45, 7) is 4.02. The molecule has 0 spiro atoms. The highest BCUT2D eigenvalue weighted by atomic mass is 16.3. The summed E-state index contributed by atoms with van der Waals surface area (Å²) in [5.74, 6) is 1.39. The van der Waals surface area contributed by atoms with Crippen LogP contribution in [0.4, 0.5) is 0 Å². The maximum atomic E-state index is 10.2. The van der Waals surface area contributed by atoms with Crippen LogP contribution in [0.1, 0.15) is 39.5 Å². The first-order chi connectivity index (χ1) is 6.60. The van der Waals surface area contributed by atoms with Gasteiger partial charge in [-0.2, -0.15) is 5.26 Å². The van der Waals surface area contributed by atoms with Crippen LogP contribution >= 0.6 is 0 Å². The lowest BCUT2D eigenvalue weighted by Gasteiger charge is -2.37. The monoisotopic (exact) mass is 193 g/mol. The van der Waals surface area contributed by atoms with Crippen molar-refractivity contribution in [3.63, 3.8) is 0 Å². The van der Waals surface area contributed by atoms with Crippen molar-refractivity contribution in [2.75, 3.05) is 0 Å². The van der Waals surface area contributed by atoms with Gasteiger partial charge in [-0.25, -0.2) is 0 Å². The second-order valence-corrected chi connectivity index (χ2v) is 5.42. The van der Waals surface area contributed by atoms with Crippen LogP contribution in [0.5, 0.6) is 0 Å². The van der Waals surface area contributed by atoms with Gasteiger partial charge in [-0.15, -0.1) is 0 Å². The fraction of sp³-hybridized carbons (Fsp3) is 0.917. The summed E-state index contributed by atoms with van der Waals surface area (Å²) < 4.78 is 0. The number of rotatable bonds is 2. The van der Waals surface area contributed by atoms with E-state index in [-0.39, 0.29) is 5.92 Å². The smallest absolute Gasteiger partial charge is 0.0865 e. The van der Waals surface area contributed by atoms with Gasteiger partial charge < -0.3 is 5.11 Å². The lowest BCUT2D eigenvalue weighted by atomic mass is 9.67. The van der Waals surface area contributed by atoms with Gasteiger partial charge in [0.25, 0.3) is 0 Å². The van der Waals surface area contributed by atoms with Gasteiger partial charge in [0.2, 0.25) is 0 Å². The molecule has 0 heterocycles. The SMILES string of the molecule is CC(C)C(O)C1(C#N)CC2CCC1C2. The molecule has 2 aliphatic rings. The predicted molar refractivity (Wildman–Crippen MR) is 54.3 cm³/mol. The Kier molecular flexibility index (Phi) is 2.31. The van der Waals surface area contributed by atoms with Gasteiger partial charge in [-0.05, 0) is 37.0 Å². The van der Waals surface area contributed by atoms with E-state index < -0.39 is 11.5 Å². The molecule has 0 aliphatic heterocycles. The van der Waals surface area contributed by atoms with Crippen LogP contribution in [0.3, 0.4) is 0 Å². The van der Waals surface area contributed by atoms with E-state index in [2.05, 4.69) is 6.07 Å². The maximum absolute atomic E-state index is 10.2. The molecule has 2 rings (SSSR count). The van der Waals surface area contributed by atoms with E-state index in [4.69, 9.17) is 0 Å². The number of aliphatic hydroxyl groups excluding tert-OH is 1. The molecule has 2 saturated carbocycles. The first-order valence-corrected chi connectivity index (χ1v) is 5.69. The molecule has 2 bridgehead atoms. The molecule has 4 unspecified atom stereocenters. The fourth-order valence-electron chi connectivity index (χ4n) is 3.53. The Morgan fingerprint density at radius 2 is 2.14 bits per heavy atom. The Morgan fingerprint density at radius 3 is 2.50 bits per heavy atom. The Labute approximate surface area is 85.9 Å². The quantitative estimate of drug-likeness (QED) is 0.731. The topological polar surface area (TPSA) is 44.0 Å². The summed E-state index contributed by atoms with van der Waals surface area (Å²) in [6, 6.07) is 2.44. The zero-order chi connectivity index (χ0) is 10.3. The molecule has 0 aromatic heterocycles. The van der Waals surface area contributed by atoms with Crippen molar-refractivity contribution < 1.29 is 5.11 Å². The molecule has 2 nitrogen and oxygen atoms in total. The number of hydrogen-bond acceptors (Lipinski definition) is 2. The number of nitrogens with zero attached hydrogens (tertiary/aromatic N) is 1. The van der Waals surface area contributed by atoms with Crippen LogP contribution in [0.2, 0.25) is 0 Å². The van der Waals surface area contributed by atoms with Crippen LogP contribution in [0.25, 0.3) is 0 Å². The molecule has 2 aliphatic carbocycles. The summed E-state index contributed by atoms with van der Waals surface area (Å²) >= 11 is 0. The summed E-state index contributed by atoms with van der Waals surface area (Å²) in [6.07, 6.45) is 4.12. The summed E-state index contributed by atoms with van der Waals surface area (Å²) in [5.41, 5.74) is -0.406. The fourth-order valence-corrected chi connectivity index (χ4v) is 3.53. The summed E-state index contributed by atoms with van der Waals surface area (Å²) in [4.78, 5) is 0. The lowest BCUT2D eigenvalue weighted by molar-refractivity contribution is -0.00737. The van der Waals surface area contributed by atoms with Gasteiger partial charge in [0.15, 0.2) is 0 Å². The Balaban J connectivity index is 2.24. The minimum atomic E-state index is -0.428. The van der Waals surface area contributed by atoms with E-state index in [0.717, 1.165) is 12.8 Å². The maximum Gasteiger partial charge on any atom is 0.0865 e. The Bertz CT molecular complexity index is 268. The van der Waals surface area contributed by atoms with Crippen molar-refractivity contribution in [3.8, 4) is 6.07 Å². The number of hydrogen-bond donors (Lipinski definition) is 1. The second kappa shape index (κ2) is 3.24. The molecule has 1 N–H and O–H groups in total. The van der Waals surface area contributed by atoms with E-state index in [9.17, 15) is 10.4 Å². The first-order valence-electron chi connectivity index (χ1n) is 5.69. The van der Waals surface area contributed by atoms with Crippen molar-refractivity contribution in [1.29, 1.82) is 5.26 Å². The molecule has 4 atom stereocenters. The van der Waals surface area contributed by atoms with Crippen molar-refractivity contribution in [3.05, 3.63) is 0 Å². The number of nitriles is 1. The largest absolute Gasteiger partial charge is 0.391 e. The number of fused-ring (bicyclic) bond motifs is 2. The van der Waals surface area contributed by atoms with Crippen LogP contribution < -0.4 is 0 Å². The van der Waals surface area contributed by atoms with Crippen molar-refractivity contribution in [2.45, 2.75) is 45.6 Å². The summed E-state index contributed by atoms with van der Waals surface area (Å²) in [7, 11) is 0. The van der Waals surface area contributed by atoms with Gasteiger partial charge in [0.05, 0.1) is 17.6 Å². The van der Waals surface area contributed by atoms with E-state index in [1.807, 2.05) is 13.8 Å². The van der Waals surface area contributed by atoms with E-state index in [1.165, 1.54) is 12.8 Å². The number of aliphatic hydroxyl groups is 1. The molecule has 14 heavy (non-hydrogen) atoms. The van der Waals surface area contributed by atoms with Gasteiger partial charge in [-0.3, -0.25) is 0 Å². The van der Waals surface area contributed by atoms with E-state index in [0.29, 0.717) is 11.8 Å². The minimum Gasteiger partial charge on any atom is -0.391 e. The van der Waals surface area contributed by atoms with Crippen molar-refractivity contribution in [1.82, 2.24) is 0 Å². The molecule has 0 amide bonds. The molecule has 78 valence electrons. The van der Waals surface area contributed by atoms with Gasteiger partial charge in [-0.1, -0.05) is 20.3 Å². The van der Waals surface area contributed by atoms with E-state index >= 15 is 0 Å². The molecular weight excluding hydrogens is 174 g/mol. The minimum absolute atomic E-state index is 0.203. The van der Waals surface area contributed by atoms with Crippen LogP contribution in [-0.2, 0) is 0 Å². The lowest BCUT2D eigenvalue weighted by Crippen LogP contribution is -2.41. The molecule has 0 aromatic carbocycles. The zero-order valence-electron chi connectivity index (χ0n) is 9.03. The zero-order valence-corrected chi connectivity index (χ0v) is 9.03. The third-order valence-electron chi connectivity index (χ3n) is 4.26. The van der Waals surface area contributed by atoms with Gasteiger partial charge in [0, 0.05) is 0 Å². The standard InChI is InChI=1S/C12H19NO/c1-8(2)11(14)12(7-13)6-9-3-4-10(12)5-9/h8-11,14H,3-6H2,1-2H3. The van der Waals surface area contributed by atoms with Crippen molar-refractivity contribution in [2.24, 2.45) is 23.2 Å². The van der Waals surface area contributed by atoms with Crippen molar-refractivity contribution >= 4 is 0 Å². The molecule has 2 fully saturated rings. The molecule has 0 saturated heterocycles. The first kappa shape index (κ1) is 9.98. The highest BCUT2D eigenvalue weighted by molar-refractivity contribution is 5.15. The molecule has 2 heteroatoms. The van der Waals surface area contributed by atoms with Gasteiger partial charge in [0.1, 0.15) is 0 Å². The highest BCUT2D eigenvalue weighted by Crippen LogP contribution is 2.58. The normalized spacial score (nSPS) is 42.8. The Morgan fingerprint density at radius 1 is 1.43 bits per heavy atom. The molecule has 0 radical (unpaired) electrons. The predicted octanol–water partition coefficient (Wildman–Crippen LogP) is 2.33. The average Bonchev–Trinajstić information content (AvgIpc) is 2.75. The van der Waals surface area contributed by atoms with Crippen LogP contribution in [0.15, 0.2) is 0 Å². The summed E-state index contributed by atoms with van der Waals surface area (Å²) in [5, 5.41) is 19.5. The van der Waals surface area contributed by atoms with E-state index in [1.54, 1.807) is 0 Å². The molecule has 0 aromatic rings.